The molecule has 4 aromatic rings. The Hall–Kier alpha value is -3.29. The number of likely N-dealkylation sites (N-methyl/N-ethyl adjacent to an activating group) is 1. The summed E-state index contributed by atoms with van der Waals surface area (Å²) in [7, 11) is 1.95. The molecule has 0 atom stereocenters. The van der Waals surface area contributed by atoms with E-state index in [2.05, 4.69) is 45.6 Å². The number of H-pyrrole nitrogens is 1. The molecule has 0 saturated heterocycles. The van der Waals surface area contributed by atoms with Crippen LogP contribution in [0.15, 0.2) is 71.8 Å². The smallest absolute Gasteiger partial charge is 0.216 e. The van der Waals surface area contributed by atoms with Crippen molar-refractivity contribution in [3.05, 3.63) is 88.5 Å². The van der Waals surface area contributed by atoms with E-state index in [-0.39, 0.29) is 6.61 Å². The van der Waals surface area contributed by atoms with Gasteiger partial charge in [-0.15, -0.1) is 0 Å². The highest BCUT2D eigenvalue weighted by Crippen LogP contribution is 2.21. The highest BCUT2D eigenvalue weighted by molar-refractivity contribution is 7.71. The summed E-state index contributed by atoms with van der Waals surface area (Å²) in [6.07, 6.45) is 2.39. The molecule has 4 rings (SSSR count). The van der Waals surface area contributed by atoms with Gasteiger partial charge in [-0.3, -0.25) is 5.10 Å². The fraction of sp³-hybridized carbons (Fsp3) is 0.174. The van der Waals surface area contributed by atoms with E-state index < -0.39 is 0 Å². The molecule has 152 valence electrons. The van der Waals surface area contributed by atoms with Crippen molar-refractivity contribution in [3.8, 4) is 0 Å². The number of anilines is 1. The normalized spacial score (nSPS) is 11.4. The standard InChI is InChI=1S/C23H23N5OS/c1-27(13-14-29)20-11-9-17(10-12-20)16-24-28-22(25-26-23(28)30)15-19-7-4-6-18-5-2-3-8-21(18)19/h2-12,16,29H,13-15H2,1H3,(H,26,30)/b24-16-. The van der Waals surface area contributed by atoms with Crippen LogP contribution in [-0.2, 0) is 6.42 Å². The van der Waals surface area contributed by atoms with E-state index in [0.717, 1.165) is 17.1 Å². The molecule has 2 N–H and O–H groups in total. The van der Waals surface area contributed by atoms with Crippen LogP contribution in [0.4, 0.5) is 5.69 Å². The lowest BCUT2D eigenvalue weighted by atomic mass is 10.0. The molecule has 30 heavy (non-hydrogen) atoms. The largest absolute Gasteiger partial charge is 0.395 e. The van der Waals surface area contributed by atoms with Gasteiger partial charge in [0.1, 0.15) is 0 Å². The number of hydrogen-bond donors (Lipinski definition) is 2. The van der Waals surface area contributed by atoms with Crippen molar-refractivity contribution in [2.24, 2.45) is 5.10 Å². The summed E-state index contributed by atoms with van der Waals surface area (Å²) in [6.45, 7) is 0.715. The Labute approximate surface area is 180 Å². The Morgan fingerprint density at radius 3 is 2.67 bits per heavy atom. The van der Waals surface area contributed by atoms with E-state index in [1.807, 2.05) is 48.3 Å². The summed E-state index contributed by atoms with van der Waals surface area (Å²) < 4.78 is 2.13. The van der Waals surface area contributed by atoms with Crippen molar-refractivity contribution in [2.75, 3.05) is 25.1 Å². The van der Waals surface area contributed by atoms with Crippen molar-refractivity contribution in [1.82, 2.24) is 14.9 Å². The number of rotatable bonds is 7. The van der Waals surface area contributed by atoms with E-state index >= 15 is 0 Å². The molecular weight excluding hydrogens is 394 g/mol. The maximum Gasteiger partial charge on any atom is 0.216 e. The second kappa shape index (κ2) is 9.02. The number of aromatic amines is 1. The minimum Gasteiger partial charge on any atom is -0.395 e. The molecule has 0 fully saturated rings. The summed E-state index contributed by atoms with van der Waals surface area (Å²) in [4.78, 5) is 2.00. The number of aromatic nitrogens is 3. The molecule has 0 radical (unpaired) electrons. The van der Waals surface area contributed by atoms with Crippen LogP contribution in [0, 0.1) is 4.77 Å². The van der Waals surface area contributed by atoms with Gasteiger partial charge in [0.2, 0.25) is 4.77 Å². The molecule has 7 heteroatoms. The Morgan fingerprint density at radius 1 is 1.10 bits per heavy atom. The maximum atomic E-state index is 9.07. The lowest BCUT2D eigenvalue weighted by molar-refractivity contribution is 0.304. The molecular formula is C23H23N5OS. The Balaban J connectivity index is 1.58. The number of aliphatic hydroxyl groups is 1. The lowest BCUT2D eigenvalue weighted by Crippen LogP contribution is -2.20. The first kappa shape index (κ1) is 20.0. The van der Waals surface area contributed by atoms with E-state index in [1.165, 1.54) is 16.3 Å². The number of benzene rings is 3. The lowest BCUT2D eigenvalue weighted by Gasteiger charge is -2.17. The second-order valence-corrected chi connectivity index (χ2v) is 7.44. The zero-order valence-corrected chi connectivity index (χ0v) is 17.5. The van der Waals surface area contributed by atoms with Crippen molar-refractivity contribution < 1.29 is 5.11 Å². The van der Waals surface area contributed by atoms with Crippen molar-refractivity contribution in [1.29, 1.82) is 0 Å². The fourth-order valence-corrected chi connectivity index (χ4v) is 3.59. The summed E-state index contributed by atoms with van der Waals surface area (Å²) in [5, 5.41) is 23.3. The Kier molecular flexibility index (Phi) is 6.02. The van der Waals surface area contributed by atoms with E-state index in [0.29, 0.717) is 17.7 Å². The first-order valence-corrected chi connectivity index (χ1v) is 10.2. The predicted octanol–water partition coefficient (Wildman–Crippen LogP) is 4.00. The quantitative estimate of drug-likeness (QED) is 0.352. The minimum atomic E-state index is 0.123. The number of fused-ring (bicyclic) bond motifs is 1. The molecule has 0 aliphatic rings. The van der Waals surface area contributed by atoms with Crippen LogP contribution in [0.25, 0.3) is 10.8 Å². The summed E-state index contributed by atoms with van der Waals surface area (Å²) in [5.41, 5.74) is 3.17. The summed E-state index contributed by atoms with van der Waals surface area (Å²) >= 11 is 5.39. The van der Waals surface area contributed by atoms with Crippen LogP contribution in [0.1, 0.15) is 17.0 Å². The molecule has 0 amide bonds. The molecule has 0 aliphatic heterocycles. The first-order valence-electron chi connectivity index (χ1n) is 9.75. The molecule has 0 bridgehead atoms. The third-order valence-corrected chi connectivity index (χ3v) is 5.30. The average molecular weight is 418 g/mol. The molecule has 0 saturated carbocycles. The molecule has 6 nitrogen and oxygen atoms in total. The van der Waals surface area contributed by atoms with Crippen LogP contribution in [0.2, 0.25) is 0 Å². The van der Waals surface area contributed by atoms with E-state index in [9.17, 15) is 0 Å². The summed E-state index contributed by atoms with van der Waals surface area (Å²) in [6, 6.07) is 22.6. The van der Waals surface area contributed by atoms with Gasteiger partial charge in [-0.1, -0.05) is 54.6 Å². The number of hydrogen-bond acceptors (Lipinski definition) is 5. The molecule has 1 heterocycles. The van der Waals surface area contributed by atoms with Crippen LogP contribution >= 0.6 is 12.2 Å². The van der Waals surface area contributed by atoms with Crippen LogP contribution in [0.3, 0.4) is 0 Å². The van der Waals surface area contributed by atoms with Gasteiger partial charge in [-0.2, -0.15) is 14.9 Å². The fourth-order valence-electron chi connectivity index (χ4n) is 3.39. The first-order chi connectivity index (χ1) is 14.7. The van der Waals surface area contributed by atoms with Crippen molar-refractivity contribution in [3.63, 3.8) is 0 Å². The van der Waals surface area contributed by atoms with E-state index in [4.69, 9.17) is 17.3 Å². The predicted molar refractivity (Wildman–Crippen MR) is 124 cm³/mol. The summed E-state index contributed by atoms with van der Waals surface area (Å²) in [5.74, 6) is 0.756. The van der Waals surface area contributed by atoms with E-state index in [1.54, 1.807) is 10.9 Å². The monoisotopic (exact) mass is 417 g/mol. The van der Waals surface area contributed by atoms with Crippen molar-refractivity contribution >= 4 is 34.9 Å². The maximum absolute atomic E-state index is 9.07. The van der Waals surface area contributed by atoms with Crippen LogP contribution in [0.5, 0.6) is 0 Å². The Morgan fingerprint density at radius 2 is 1.87 bits per heavy atom. The zero-order valence-electron chi connectivity index (χ0n) is 16.7. The average Bonchev–Trinajstić information content (AvgIpc) is 3.12. The van der Waals surface area contributed by atoms with Crippen LogP contribution in [-0.4, -0.2) is 46.4 Å². The molecule has 0 spiro atoms. The van der Waals surface area contributed by atoms with Gasteiger partial charge in [-0.05, 0) is 46.2 Å². The highest BCUT2D eigenvalue weighted by Gasteiger charge is 2.09. The van der Waals surface area contributed by atoms with Crippen LogP contribution < -0.4 is 4.90 Å². The number of aliphatic hydroxyl groups excluding tert-OH is 1. The van der Waals surface area contributed by atoms with Gasteiger partial charge in [0, 0.05) is 25.7 Å². The SMILES string of the molecule is CN(CCO)c1ccc(/C=N\n2c(Cc3cccc4ccccc34)n[nH]c2=S)cc1. The second-order valence-electron chi connectivity index (χ2n) is 7.05. The Bertz CT molecular complexity index is 1220. The molecule has 0 aliphatic carbocycles. The van der Waals surface area contributed by atoms with Gasteiger partial charge in [0.15, 0.2) is 5.82 Å². The zero-order chi connectivity index (χ0) is 20.9. The molecule has 3 aromatic carbocycles. The van der Waals surface area contributed by atoms with Crippen molar-refractivity contribution in [2.45, 2.75) is 6.42 Å². The van der Waals surface area contributed by atoms with Gasteiger partial charge < -0.3 is 10.0 Å². The van der Waals surface area contributed by atoms with Gasteiger partial charge in [0.05, 0.1) is 12.8 Å². The third-order valence-electron chi connectivity index (χ3n) is 5.04. The molecule has 0 unspecified atom stereocenters. The number of nitrogens with zero attached hydrogens (tertiary/aromatic N) is 4. The third kappa shape index (κ3) is 4.32. The number of nitrogens with one attached hydrogen (secondary N) is 1. The van der Waals surface area contributed by atoms with Gasteiger partial charge >= 0.3 is 0 Å². The van der Waals surface area contributed by atoms with Gasteiger partial charge in [0.25, 0.3) is 0 Å². The molecule has 1 aromatic heterocycles. The minimum absolute atomic E-state index is 0.123. The highest BCUT2D eigenvalue weighted by atomic mass is 32.1. The van der Waals surface area contributed by atoms with Gasteiger partial charge in [-0.25, -0.2) is 0 Å². The topological polar surface area (TPSA) is 69.4 Å².